The molecule has 3 unspecified atom stereocenters. The number of carbonyl (C=O) groups excluding carboxylic acids is 1. The highest BCUT2D eigenvalue weighted by molar-refractivity contribution is 5.84. The molecular weight excluding hydrogens is 248 g/mol. The third kappa shape index (κ3) is 2.73. The highest BCUT2D eigenvalue weighted by Gasteiger charge is 2.38. The molecule has 1 saturated heterocycles. The molecular formula is C17H24N2O. The van der Waals surface area contributed by atoms with E-state index >= 15 is 0 Å². The van der Waals surface area contributed by atoms with Gasteiger partial charge in [-0.1, -0.05) is 43.7 Å². The molecule has 2 aliphatic rings. The monoisotopic (exact) mass is 272 g/mol. The van der Waals surface area contributed by atoms with Crippen LogP contribution in [0, 0.1) is 5.92 Å². The van der Waals surface area contributed by atoms with Crippen LogP contribution >= 0.6 is 0 Å². The van der Waals surface area contributed by atoms with E-state index in [9.17, 15) is 4.79 Å². The Bertz CT molecular complexity index is 459. The van der Waals surface area contributed by atoms with E-state index in [1.54, 1.807) is 0 Å². The SMILES string of the molecule is CC1CCCC1N1CNC(CCc2ccccc2)C1=O. The van der Waals surface area contributed by atoms with E-state index < -0.39 is 0 Å². The molecule has 1 amide bonds. The molecule has 0 radical (unpaired) electrons. The molecule has 20 heavy (non-hydrogen) atoms. The van der Waals surface area contributed by atoms with Crippen molar-refractivity contribution in [1.29, 1.82) is 0 Å². The zero-order chi connectivity index (χ0) is 13.9. The smallest absolute Gasteiger partial charge is 0.241 e. The fraction of sp³-hybridized carbons (Fsp3) is 0.588. The number of benzene rings is 1. The summed E-state index contributed by atoms with van der Waals surface area (Å²) in [7, 11) is 0. The second-order valence-corrected chi connectivity index (χ2v) is 6.22. The molecule has 1 aliphatic heterocycles. The predicted octanol–water partition coefficient (Wildman–Crippen LogP) is 2.57. The first-order valence-electron chi connectivity index (χ1n) is 7.83. The van der Waals surface area contributed by atoms with Gasteiger partial charge in [-0.15, -0.1) is 0 Å². The molecule has 0 bridgehead atoms. The Morgan fingerprint density at radius 2 is 2.05 bits per heavy atom. The molecule has 1 aliphatic carbocycles. The van der Waals surface area contributed by atoms with Gasteiger partial charge in [0.1, 0.15) is 0 Å². The minimum Gasteiger partial charge on any atom is -0.325 e. The standard InChI is InChI=1S/C17H24N2O/c1-13-6-5-9-16(13)19-12-18-15(17(19)20)11-10-14-7-3-2-4-8-14/h2-4,7-8,13,15-16,18H,5-6,9-12H2,1H3. The van der Waals surface area contributed by atoms with Gasteiger partial charge in [0.15, 0.2) is 0 Å². The maximum Gasteiger partial charge on any atom is 0.241 e. The van der Waals surface area contributed by atoms with Crippen molar-refractivity contribution in [1.82, 2.24) is 10.2 Å². The van der Waals surface area contributed by atoms with Crippen LogP contribution in [0.25, 0.3) is 0 Å². The number of rotatable bonds is 4. The van der Waals surface area contributed by atoms with Gasteiger partial charge in [0.2, 0.25) is 5.91 Å². The summed E-state index contributed by atoms with van der Waals surface area (Å²) in [4.78, 5) is 14.6. The Kier molecular flexibility index (Phi) is 4.06. The number of nitrogens with zero attached hydrogens (tertiary/aromatic N) is 1. The molecule has 0 aromatic heterocycles. The van der Waals surface area contributed by atoms with Crippen LogP contribution < -0.4 is 5.32 Å². The number of nitrogens with one attached hydrogen (secondary N) is 1. The Morgan fingerprint density at radius 1 is 1.25 bits per heavy atom. The lowest BCUT2D eigenvalue weighted by Gasteiger charge is -2.27. The van der Waals surface area contributed by atoms with Crippen LogP contribution in [0.4, 0.5) is 0 Å². The molecule has 108 valence electrons. The van der Waals surface area contributed by atoms with Gasteiger partial charge in [0.25, 0.3) is 0 Å². The number of hydrogen-bond acceptors (Lipinski definition) is 2. The summed E-state index contributed by atoms with van der Waals surface area (Å²) in [5, 5.41) is 3.40. The Morgan fingerprint density at radius 3 is 2.75 bits per heavy atom. The van der Waals surface area contributed by atoms with E-state index in [-0.39, 0.29) is 6.04 Å². The predicted molar refractivity (Wildman–Crippen MR) is 80.2 cm³/mol. The van der Waals surface area contributed by atoms with Gasteiger partial charge in [-0.3, -0.25) is 10.1 Å². The minimum absolute atomic E-state index is 0.0167. The summed E-state index contributed by atoms with van der Waals surface area (Å²) in [6, 6.07) is 10.9. The topological polar surface area (TPSA) is 32.3 Å². The van der Waals surface area contributed by atoms with Gasteiger partial charge in [0.05, 0.1) is 12.7 Å². The fourth-order valence-corrected chi connectivity index (χ4v) is 3.62. The Balaban J connectivity index is 1.56. The molecule has 2 fully saturated rings. The van der Waals surface area contributed by atoms with Crippen LogP contribution in [0.1, 0.15) is 38.2 Å². The Hall–Kier alpha value is -1.35. The summed E-state index contributed by atoms with van der Waals surface area (Å²) in [6.07, 6.45) is 5.59. The molecule has 1 aromatic carbocycles. The second kappa shape index (κ2) is 5.96. The molecule has 1 N–H and O–H groups in total. The van der Waals surface area contributed by atoms with Crippen molar-refractivity contribution < 1.29 is 4.79 Å². The quantitative estimate of drug-likeness (QED) is 0.913. The van der Waals surface area contributed by atoms with Crippen LogP contribution in [0.3, 0.4) is 0 Å². The van der Waals surface area contributed by atoms with Crippen LogP contribution in [0.5, 0.6) is 0 Å². The highest BCUT2D eigenvalue weighted by atomic mass is 16.2. The molecule has 3 heteroatoms. The van der Waals surface area contributed by atoms with Crippen molar-refractivity contribution in [3.8, 4) is 0 Å². The number of amides is 1. The van der Waals surface area contributed by atoms with Crippen LogP contribution in [-0.4, -0.2) is 29.6 Å². The average Bonchev–Trinajstić information content (AvgIpc) is 3.04. The summed E-state index contributed by atoms with van der Waals surface area (Å²) in [5.74, 6) is 0.980. The van der Waals surface area contributed by atoms with Gasteiger partial charge in [0, 0.05) is 6.04 Å². The van der Waals surface area contributed by atoms with Crippen molar-refractivity contribution in [2.24, 2.45) is 5.92 Å². The minimum atomic E-state index is 0.0167. The lowest BCUT2D eigenvalue weighted by atomic mass is 10.0. The van der Waals surface area contributed by atoms with E-state index in [1.807, 2.05) is 6.07 Å². The van der Waals surface area contributed by atoms with Crippen LogP contribution in [0.15, 0.2) is 30.3 Å². The van der Waals surface area contributed by atoms with Gasteiger partial charge in [-0.25, -0.2) is 0 Å². The summed E-state index contributed by atoms with van der Waals surface area (Å²) < 4.78 is 0. The summed E-state index contributed by atoms with van der Waals surface area (Å²) in [6.45, 7) is 3.02. The van der Waals surface area contributed by atoms with Crippen molar-refractivity contribution in [3.63, 3.8) is 0 Å². The number of hydrogen-bond donors (Lipinski definition) is 1. The van der Waals surface area contributed by atoms with E-state index in [1.165, 1.54) is 24.8 Å². The molecule has 1 heterocycles. The molecule has 1 aromatic rings. The maximum absolute atomic E-state index is 12.5. The van der Waals surface area contributed by atoms with Crippen molar-refractivity contribution in [3.05, 3.63) is 35.9 Å². The van der Waals surface area contributed by atoms with Gasteiger partial charge >= 0.3 is 0 Å². The fourth-order valence-electron chi connectivity index (χ4n) is 3.62. The summed E-state index contributed by atoms with van der Waals surface area (Å²) >= 11 is 0. The third-order valence-electron chi connectivity index (χ3n) is 4.87. The molecule has 3 rings (SSSR count). The van der Waals surface area contributed by atoms with Gasteiger partial charge in [-0.05, 0) is 37.2 Å². The number of carbonyl (C=O) groups is 1. The largest absolute Gasteiger partial charge is 0.325 e. The molecule has 3 atom stereocenters. The normalized spacial score (nSPS) is 30.1. The Labute approximate surface area is 121 Å². The second-order valence-electron chi connectivity index (χ2n) is 6.22. The van der Waals surface area contributed by atoms with Crippen LogP contribution in [0.2, 0.25) is 0 Å². The van der Waals surface area contributed by atoms with E-state index in [4.69, 9.17) is 0 Å². The van der Waals surface area contributed by atoms with Crippen molar-refractivity contribution >= 4 is 5.91 Å². The van der Waals surface area contributed by atoms with E-state index in [0.717, 1.165) is 19.5 Å². The van der Waals surface area contributed by atoms with Gasteiger partial charge < -0.3 is 4.90 Å². The van der Waals surface area contributed by atoms with E-state index in [0.29, 0.717) is 17.9 Å². The first kappa shape index (κ1) is 13.6. The maximum atomic E-state index is 12.5. The van der Waals surface area contributed by atoms with E-state index in [2.05, 4.69) is 41.4 Å². The summed E-state index contributed by atoms with van der Waals surface area (Å²) in [5.41, 5.74) is 1.31. The van der Waals surface area contributed by atoms with Gasteiger partial charge in [-0.2, -0.15) is 0 Å². The van der Waals surface area contributed by atoms with Crippen LogP contribution in [-0.2, 0) is 11.2 Å². The van der Waals surface area contributed by atoms with Crippen molar-refractivity contribution in [2.75, 3.05) is 6.67 Å². The molecule has 1 saturated carbocycles. The molecule has 3 nitrogen and oxygen atoms in total. The first-order chi connectivity index (χ1) is 9.75. The third-order valence-corrected chi connectivity index (χ3v) is 4.87. The average molecular weight is 272 g/mol. The molecule has 0 spiro atoms. The lowest BCUT2D eigenvalue weighted by molar-refractivity contribution is -0.131. The highest BCUT2D eigenvalue weighted by Crippen LogP contribution is 2.31. The zero-order valence-corrected chi connectivity index (χ0v) is 12.2. The lowest BCUT2D eigenvalue weighted by Crippen LogP contribution is -2.40. The number of aryl methyl sites for hydroxylation is 1. The zero-order valence-electron chi connectivity index (χ0n) is 12.2. The van der Waals surface area contributed by atoms with Crippen molar-refractivity contribution in [2.45, 2.75) is 51.1 Å². The first-order valence-corrected chi connectivity index (χ1v) is 7.83.